The third kappa shape index (κ3) is 2.27. The number of hydrogen-bond donors (Lipinski definition) is 1. The Hall–Kier alpha value is -1.69. The normalized spacial score (nSPS) is 19.9. The first kappa shape index (κ1) is 10.8. The van der Waals surface area contributed by atoms with Crippen molar-refractivity contribution >= 4 is 5.69 Å². The molecule has 0 aliphatic carbocycles. The molecule has 1 aromatic heterocycles. The quantitative estimate of drug-likeness (QED) is 0.593. The van der Waals surface area contributed by atoms with Crippen LogP contribution < -0.4 is 10.9 Å². The Balaban J connectivity index is 2.21. The van der Waals surface area contributed by atoms with Crippen molar-refractivity contribution in [2.24, 2.45) is 5.92 Å². The van der Waals surface area contributed by atoms with E-state index in [0.717, 1.165) is 19.5 Å². The SMILES string of the molecule is O=c1ccc([N+](=O)[O-])cn1CC1CCNC1. The molecule has 0 radical (unpaired) electrons. The van der Waals surface area contributed by atoms with E-state index in [2.05, 4.69) is 5.32 Å². The minimum atomic E-state index is -0.483. The van der Waals surface area contributed by atoms with Crippen LogP contribution in [-0.4, -0.2) is 22.6 Å². The predicted molar refractivity (Wildman–Crippen MR) is 58.3 cm³/mol. The van der Waals surface area contributed by atoms with Crippen LogP contribution in [0.1, 0.15) is 6.42 Å². The molecule has 86 valence electrons. The number of rotatable bonds is 3. The molecule has 1 saturated heterocycles. The Labute approximate surface area is 92.0 Å². The van der Waals surface area contributed by atoms with Crippen molar-refractivity contribution in [2.45, 2.75) is 13.0 Å². The van der Waals surface area contributed by atoms with Crippen LogP contribution in [0.3, 0.4) is 0 Å². The van der Waals surface area contributed by atoms with Crippen LogP contribution in [0, 0.1) is 16.0 Å². The van der Waals surface area contributed by atoms with E-state index in [0.29, 0.717) is 12.5 Å². The summed E-state index contributed by atoms with van der Waals surface area (Å²) in [4.78, 5) is 21.6. The van der Waals surface area contributed by atoms with Crippen molar-refractivity contribution in [1.29, 1.82) is 0 Å². The molecule has 1 fully saturated rings. The van der Waals surface area contributed by atoms with Gasteiger partial charge >= 0.3 is 0 Å². The summed E-state index contributed by atoms with van der Waals surface area (Å²) < 4.78 is 1.43. The fourth-order valence-corrected chi connectivity index (χ4v) is 1.92. The molecule has 1 atom stereocenters. The molecular weight excluding hydrogens is 210 g/mol. The lowest BCUT2D eigenvalue weighted by Crippen LogP contribution is -2.24. The third-order valence-corrected chi connectivity index (χ3v) is 2.80. The number of nitrogens with zero attached hydrogens (tertiary/aromatic N) is 2. The van der Waals surface area contributed by atoms with E-state index >= 15 is 0 Å². The van der Waals surface area contributed by atoms with Gasteiger partial charge in [-0.25, -0.2) is 0 Å². The maximum Gasteiger partial charge on any atom is 0.285 e. The summed E-state index contributed by atoms with van der Waals surface area (Å²) in [7, 11) is 0. The Morgan fingerprint density at radius 2 is 2.38 bits per heavy atom. The molecule has 1 aliphatic rings. The van der Waals surface area contributed by atoms with E-state index < -0.39 is 4.92 Å². The maximum absolute atomic E-state index is 11.5. The summed E-state index contributed by atoms with van der Waals surface area (Å²) in [6.07, 6.45) is 2.33. The van der Waals surface area contributed by atoms with Crippen LogP contribution in [0.5, 0.6) is 0 Å². The second-order valence-electron chi connectivity index (χ2n) is 3.99. The molecule has 0 bridgehead atoms. The maximum atomic E-state index is 11.5. The predicted octanol–water partition coefficient (Wildman–Crippen LogP) is 0.366. The van der Waals surface area contributed by atoms with Gasteiger partial charge in [0.25, 0.3) is 11.2 Å². The Kier molecular flexibility index (Phi) is 3.00. The zero-order chi connectivity index (χ0) is 11.5. The van der Waals surface area contributed by atoms with E-state index in [4.69, 9.17) is 0 Å². The lowest BCUT2D eigenvalue weighted by atomic mass is 10.1. The van der Waals surface area contributed by atoms with Gasteiger partial charge in [0.05, 0.1) is 11.1 Å². The number of pyridine rings is 1. The number of hydrogen-bond acceptors (Lipinski definition) is 4. The molecule has 1 unspecified atom stereocenters. The van der Waals surface area contributed by atoms with Gasteiger partial charge in [0.1, 0.15) is 0 Å². The molecule has 6 nitrogen and oxygen atoms in total. The first-order valence-corrected chi connectivity index (χ1v) is 5.22. The van der Waals surface area contributed by atoms with Gasteiger partial charge in [0, 0.05) is 18.7 Å². The number of aromatic nitrogens is 1. The van der Waals surface area contributed by atoms with Crippen LogP contribution in [0.15, 0.2) is 23.1 Å². The number of nitro groups is 1. The zero-order valence-electron chi connectivity index (χ0n) is 8.76. The van der Waals surface area contributed by atoms with Gasteiger partial charge in [-0.05, 0) is 25.4 Å². The van der Waals surface area contributed by atoms with Crippen molar-refractivity contribution < 1.29 is 4.92 Å². The van der Waals surface area contributed by atoms with Crippen molar-refractivity contribution in [3.63, 3.8) is 0 Å². The molecule has 0 aromatic carbocycles. The highest BCUT2D eigenvalue weighted by Gasteiger charge is 2.16. The van der Waals surface area contributed by atoms with E-state index in [1.165, 1.54) is 22.9 Å². The molecule has 0 saturated carbocycles. The average molecular weight is 223 g/mol. The first-order valence-electron chi connectivity index (χ1n) is 5.22. The van der Waals surface area contributed by atoms with Gasteiger partial charge in [-0.3, -0.25) is 14.9 Å². The second-order valence-corrected chi connectivity index (χ2v) is 3.99. The van der Waals surface area contributed by atoms with Crippen molar-refractivity contribution in [1.82, 2.24) is 9.88 Å². The highest BCUT2D eigenvalue weighted by molar-refractivity contribution is 5.24. The molecule has 1 aliphatic heterocycles. The number of nitrogens with one attached hydrogen (secondary N) is 1. The average Bonchev–Trinajstić information content (AvgIpc) is 2.73. The Morgan fingerprint density at radius 1 is 1.56 bits per heavy atom. The molecule has 2 rings (SSSR count). The monoisotopic (exact) mass is 223 g/mol. The van der Waals surface area contributed by atoms with Crippen LogP contribution in [0.4, 0.5) is 5.69 Å². The van der Waals surface area contributed by atoms with Gasteiger partial charge in [-0.2, -0.15) is 0 Å². The second kappa shape index (κ2) is 4.44. The fourth-order valence-electron chi connectivity index (χ4n) is 1.92. The Bertz CT molecular complexity index is 449. The van der Waals surface area contributed by atoms with Crippen LogP contribution in [-0.2, 0) is 6.54 Å². The topological polar surface area (TPSA) is 77.2 Å². The lowest BCUT2D eigenvalue weighted by Gasteiger charge is -2.10. The van der Waals surface area contributed by atoms with Gasteiger partial charge in [-0.1, -0.05) is 0 Å². The van der Waals surface area contributed by atoms with Crippen LogP contribution in [0.2, 0.25) is 0 Å². The third-order valence-electron chi connectivity index (χ3n) is 2.80. The molecule has 1 N–H and O–H groups in total. The highest BCUT2D eigenvalue weighted by Crippen LogP contribution is 2.12. The Morgan fingerprint density at radius 3 is 3.00 bits per heavy atom. The van der Waals surface area contributed by atoms with E-state index in [-0.39, 0.29) is 11.2 Å². The largest absolute Gasteiger partial charge is 0.316 e. The zero-order valence-corrected chi connectivity index (χ0v) is 8.76. The summed E-state index contributed by atoms with van der Waals surface area (Å²) in [6, 6.07) is 2.49. The molecule has 1 aromatic rings. The molecule has 16 heavy (non-hydrogen) atoms. The minimum Gasteiger partial charge on any atom is -0.316 e. The smallest absolute Gasteiger partial charge is 0.285 e. The highest BCUT2D eigenvalue weighted by atomic mass is 16.6. The minimum absolute atomic E-state index is 0.0365. The first-order chi connectivity index (χ1) is 7.66. The summed E-state index contributed by atoms with van der Waals surface area (Å²) >= 11 is 0. The van der Waals surface area contributed by atoms with E-state index in [9.17, 15) is 14.9 Å². The van der Waals surface area contributed by atoms with Crippen LogP contribution in [0.25, 0.3) is 0 Å². The van der Waals surface area contributed by atoms with E-state index in [1.807, 2.05) is 0 Å². The summed E-state index contributed by atoms with van der Waals surface area (Å²) in [5.41, 5.74) is -0.219. The van der Waals surface area contributed by atoms with Gasteiger partial charge in [0.15, 0.2) is 0 Å². The van der Waals surface area contributed by atoms with Crippen molar-refractivity contribution in [3.05, 3.63) is 38.8 Å². The van der Waals surface area contributed by atoms with Crippen molar-refractivity contribution in [2.75, 3.05) is 13.1 Å². The molecule has 2 heterocycles. The standard InChI is InChI=1S/C10H13N3O3/c14-10-2-1-9(13(15)16)7-12(10)6-8-3-4-11-5-8/h1-2,7-8,11H,3-6H2. The summed E-state index contributed by atoms with van der Waals surface area (Å²) in [5, 5.41) is 13.8. The van der Waals surface area contributed by atoms with Gasteiger partial charge in [-0.15, -0.1) is 0 Å². The molecule has 0 spiro atoms. The summed E-state index contributed by atoms with van der Waals surface area (Å²) in [6.45, 7) is 2.37. The van der Waals surface area contributed by atoms with E-state index in [1.54, 1.807) is 0 Å². The lowest BCUT2D eigenvalue weighted by molar-refractivity contribution is -0.385. The molecule has 0 amide bonds. The van der Waals surface area contributed by atoms with Crippen LogP contribution >= 0.6 is 0 Å². The van der Waals surface area contributed by atoms with Gasteiger partial charge in [0.2, 0.25) is 0 Å². The fraction of sp³-hybridized carbons (Fsp3) is 0.500. The van der Waals surface area contributed by atoms with Crippen molar-refractivity contribution in [3.8, 4) is 0 Å². The molecule has 6 heteroatoms. The molecular formula is C10H13N3O3. The summed E-state index contributed by atoms with van der Waals surface area (Å²) in [5.74, 6) is 0.389. The van der Waals surface area contributed by atoms with Gasteiger partial charge < -0.3 is 9.88 Å².